The van der Waals surface area contributed by atoms with Crippen molar-refractivity contribution in [3.8, 4) is 0 Å². The second-order valence-electron chi connectivity index (χ2n) is 3.36. The molecule has 0 aromatic heterocycles. The molecule has 1 rings (SSSR count). The van der Waals surface area contributed by atoms with Gasteiger partial charge in [-0.3, -0.25) is 4.39 Å². The first-order valence-electron chi connectivity index (χ1n) is 5.36. The van der Waals surface area contributed by atoms with Crippen LogP contribution >= 0.6 is 0 Å². The van der Waals surface area contributed by atoms with Crippen molar-refractivity contribution in [2.75, 3.05) is 6.67 Å². The van der Waals surface area contributed by atoms with Crippen LogP contribution in [0.1, 0.15) is 30.9 Å². The molecule has 0 spiro atoms. The Labute approximate surface area is 91.1 Å². The molecule has 0 unspecified atom stereocenters. The number of rotatable bonds is 5. The summed E-state index contributed by atoms with van der Waals surface area (Å²) >= 11 is 0. The highest BCUT2D eigenvalue weighted by Gasteiger charge is 1.88. The van der Waals surface area contributed by atoms with E-state index in [1.165, 1.54) is 5.56 Å². The van der Waals surface area contributed by atoms with Gasteiger partial charge in [0.05, 0.1) is 6.67 Å². The average molecular weight is 204 g/mol. The Morgan fingerprint density at radius 3 is 2.40 bits per heavy atom. The van der Waals surface area contributed by atoms with Crippen molar-refractivity contribution < 1.29 is 4.39 Å². The predicted octanol–water partition coefficient (Wildman–Crippen LogP) is 4.48. The number of alkyl halides is 1. The number of hydrogen-bond acceptors (Lipinski definition) is 0. The maximum atomic E-state index is 11.9. The Morgan fingerprint density at radius 1 is 1.13 bits per heavy atom. The lowest BCUT2D eigenvalue weighted by atomic mass is 10.1. The van der Waals surface area contributed by atoms with Crippen molar-refractivity contribution in [1.29, 1.82) is 0 Å². The highest BCUT2D eigenvalue weighted by atomic mass is 19.1. The van der Waals surface area contributed by atoms with Crippen molar-refractivity contribution in [3.63, 3.8) is 0 Å². The molecule has 0 atom stereocenters. The number of hydrogen-bond donors (Lipinski definition) is 0. The van der Waals surface area contributed by atoms with Crippen molar-refractivity contribution in [2.24, 2.45) is 0 Å². The lowest BCUT2D eigenvalue weighted by Crippen LogP contribution is -1.76. The molecule has 1 aromatic rings. The average Bonchev–Trinajstić information content (AvgIpc) is 2.27. The molecule has 0 saturated heterocycles. The van der Waals surface area contributed by atoms with Crippen molar-refractivity contribution in [1.82, 2.24) is 0 Å². The van der Waals surface area contributed by atoms with Crippen LogP contribution in [0.15, 0.2) is 36.4 Å². The fraction of sp³-hybridized carbons (Fsp3) is 0.286. The van der Waals surface area contributed by atoms with Gasteiger partial charge in [0.15, 0.2) is 0 Å². The predicted molar refractivity (Wildman–Crippen MR) is 65.4 cm³/mol. The maximum absolute atomic E-state index is 11.9. The van der Waals surface area contributed by atoms with Crippen LogP contribution in [0.2, 0.25) is 0 Å². The quantitative estimate of drug-likeness (QED) is 0.663. The Morgan fingerprint density at radius 2 is 1.80 bits per heavy atom. The molecule has 0 fully saturated rings. The second kappa shape index (κ2) is 6.99. The summed E-state index contributed by atoms with van der Waals surface area (Å²) in [5.74, 6) is 0. The molecule has 0 bridgehead atoms. The zero-order valence-corrected chi connectivity index (χ0v) is 9.12. The van der Waals surface area contributed by atoms with Crippen LogP contribution in [-0.2, 0) is 0 Å². The van der Waals surface area contributed by atoms with E-state index in [-0.39, 0.29) is 6.67 Å². The molecule has 0 N–H and O–H groups in total. The van der Waals surface area contributed by atoms with E-state index in [0.29, 0.717) is 6.42 Å². The van der Waals surface area contributed by atoms with E-state index in [9.17, 15) is 4.39 Å². The van der Waals surface area contributed by atoms with Gasteiger partial charge in [-0.1, -0.05) is 49.4 Å². The summed E-state index contributed by atoms with van der Waals surface area (Å²) in [5, 5.41) is 0. The molecule has 0 nitrogen and oxygen atoms in total. The van der Waals surface area contributed by atoms with Crippen LogP contribution in [-0.4, -0.2) is 6.67 Å². The fourth-order valence-electron chi connectivity index (χ4n) is 1.30. The lowest BCUT2D eigenvalue weighted by Gasteiger charge is -1.96. The Hall–Kier alpha value is -1.37. The van der Waals surface area contributed by atoms with Crippen LogP contribution in [0.25, 0.3) is 12.2 Å². The molecule has 1 aromatic carbocycles. The summed E-state index contributed by atoms with van der Waals surface area (Å²) in [6, 6.07) is 8.21. The van der Waals surface area contributed by atoms with E-state index >= 15 is 0 Å². The van der Waals surface area contributed by atoms with E-state index < -0.39 is 0 Å². The molecule has 80 valence electrons. The number of benzene rings is 1. The Bertz CT molecular complexity index is 337. The van der Waals surface area contributed by atoms with Gasteiger partial charge >= 0.3 is 0 Å². The molecular weight excluding hydrogens is 187 g/mol. The van der Waals surface area contributed by atoms with Gasteiger partial charge in [-0.15, -0.1) is 0 Å². The van der Waals surface area contributed by atoms with Gasteiger partial charge < -0.3 is 0 Å². The lowest BCUT2D eigenvalue weighted by molar-refractivity contribution is 0.501. The maximum Gasteiger partial charge on any atom is 0.0928 e. The number of halogens is 1. The molecule has 0 heterocycles. The minimum absolute atomic E-state index is 0.286. The minimum Gasteiger partial charge on any atom is -0.251 e. The smallest absolute Gasteiger partial charge is 0.0928 e. The largest absolute Gasteiger partial charge is 0.251 e. The van der Waals surface area contributed by atoms with Gasteiger partial charge in [-0.25, -0.2) is 0 Å². The van der Waals surface area contributed by atoms with E-state index in [2.05, 4.69) is 31.2 Å². The van der Waals surface area contributed by atoms with Crippen LogP contribution < -0.4 is 0 Å². The zero-order valence-electron chi connectivity index (χ0n) is 9.12. The van der Waals surface area contributed by atoms with Crippen molar-refractivity contribution >= 4 is 12.2 Å². The molecule has 0 radical (unpaired) electrons. The Kier molecular flexibility index (Phi) is 5.46. The van der Waals surface area contributed by atoms with E-state index in [1.54, 1.807) is 0 Å². The van der Waals surface area contributed by atoms with E-state index in [1.807, 2.05) is 24.3 Å². The van der Waals surface area contributed by atoms with Crippen LogP contribution in [0.5, 0.6) is 0 Å². The van der Waals surface area contributed by atoms with Gasteiger partial charge in [-0.2, -0.15) is 0 Å². The topological polar surface area (TPSA) is 0 Å². The summed E-state index contributed by atoms with van der Waals surface area (Å²) in [6.07, 6.45) is 9.60. The SMILES string of the molecule is CC/C=C/c1cccc(/C=C/CCF)c1. The standard InChI is InChI=1S/C14H17F/c1-2-3-7-13-9-6-10-14(12-13)8-4-5-11-15/h3-4,6-10,12H,2,5,11H2,1H3/b7-3+,8-4+. The summed E-state index contributed by atoms with van der Waals surface area (Å²) in [7, 11) is 0. The minimum atomic E-state index is -0.286. The summed E-state index contributed by atoms with van der Waals surface area (Å²) in [5.41, 5.74) is 2.32. The fourth-order valence-corrected chi connectivity index (χ4v) is 1.30. The molecule has 0 aliphatic heterocycles. The Balaban J connectivity index is 2.69. The molecular formula is C14H17F. The first kappa shape index (κ1) is 11.7. The van der Waals surface area contributed by atoms with Crippen LogP contribution in [0.3, 0.4) is 0 Å². The molecule has 0 aliphatic carbocycles. The molecule has 1 heteroatoms. The van der Waals surface area contributed by atoms with Crippen LogP contribution in [0.4, 0.5) is 4.39 Å². The first-order chi connectivity index (χ1) is 7.36. The third-order valence-electron chi connectivity index (χ3n) is 2.04. The van der Waals surface area contributed by atoms with Gasteiger partial charge in [0, 0.05) is 0 Å². The zero-order chi connectivity index (χ0) is 10.9. The highest BCUT2D eigenvalue weighted by Crippen LogP contribution is 2.09. The first-order valence-corrected chi connectivity index (χ1v) is 5.36. The number of allylic oxidation sites excluding steroid dienone is 2. The van der Waals surface area contributed by atoms with E-state index in [4.69, 9.17) is 0 Å². The molecule has 0 saturated carbocycles. The van der Waals surface area contributed by atoms with Crippen LogP contribution in [0, 0.1) is 0 Å². The third-order valence-corrected chi connectivity index (χ3v) is 2.04. The van der Waals surface area contributed by atoms with Gasteiger partial charge in [0.25, 0.3) is 0 Å². The van der Waals surface area contributed by atoms with Crippen molar-refractivity contribution in [3.05, 3.63) is 47.5 Å². The molecule has 0 aliphatic rings. The van der Waals surface area contributed by atoms with Gasteiger partial charge in [0.1, 0.15) is 0 Å². The van der Waals surface area contributed by atoms with Crippen molar-refractivity contribution in [2.45, 2.75) is 19.8 Å². The summed E-state index contributed by atoms with van der Waals surface area (Å²) < 4.78 is 11.9. The summed E-state index contributed by atoms with van der Waals surface area (Å²) in [4.78, 5) is 0. The summed E-state index contributed by atoms with van der Waals surface area (Å²) in [6.45, 7) is 1.83. The monoisotopic (exact) mass is 204 g/mol. The molecule has 15 heavy (non-hydrogen) atoms. The molecule has 0 amide bonds. The third kappa shape index (κ3) is 4.59. The normalized spacial score (nSPS) is 11.6. The highest BCUT2D eigenvalue weighted by molar-refractivity contribution is 5.57. The van der Waals surface area contributed by atoms with Gasteiger partial charge in [-0.05, 0) is 30.0 Å². The van der Waals surface area contributed by atoms with E-state index in [0.717, 1.165) is 12.0 Å². The van der Waals surface area contributed by atoms with Gasteiger partial charge in [0.2, 0.25) is 0 Å². The second-order valence-corrected chi connectivity index (χ2v) is 3.36.